The number of carbonyl (C=O) groups excluding carboxylic acids is 1. The zero-order valence-electron chi connectivity index (χ0n) is 12.3. The van der Waals surface area contributed by atoms with E-state index in [4.69, 9.17) is 0 Å². The molecule has 0 unspecified atom stereocenters. The van der Waals surface area contributed by atoms with E-state index >= 15 is 0 Å². The van der Waals surface area contributed by atoms with Crippen LogP contribution < -0.4 is 0 Å². The average Bonchev–Trinajstić information content (AvgIpc) is 2.40. The van der Waals surface area contributed by atoms with Crippen LogP contribution in [0.1, 0.15) is 40.9 Å². The van der Waals surface area contributed by atoms with Gasteiger partial charge in [0, 0.05) is 18.7 Å². The normalized spacial score (nSPS) is 10.3. The fraction of sp³-hybridized carbons (Fsp3) is 0.438. The number of amides is 1. The zero-order chi connectivity index (χ0) is 14.6. The van der Waals surface area contributed by atoms with Gasteiger partial charge in [-0.25, -0.2) is 0 Å². The summed E-state index contributed by atoms with van der Waals surface area (Å²) >= 11 is 0. The summed E-state index contributed by atoms with van der Waals surface area (Å²) < 4.78 is 0. The van der Waals surface area contributed by atoms with Crippen LogP contribution in [0, 0.1) is 13.8 Å². The number of allylic oxidation sites excluding steroid dienone is 1. The fourth-order valence-electron chi connectivity index (χ4n) is 2.21. The highest BCUT2D eigenvalue weighted by molar-refractivity contribution is 5.97. The molecule has 0 saturated carbocycles. The molecule has 19 heavy (non-hydrogen) atoms. The number of aromatic hydroxyl groups is 1. The van der Waals surface area contributed by atoms with Crippen LogP contribution in [-0.4, -0.2) is 29.0 Å². The molecule has 0 aliphatic rings. The van der Waals surface area contributed by atoms with Crippen molar-refractivity contribution in [3.05, 3.63) is 41.0 Å². The number of benzene rings is 1. The van der Waals surface area contributed by atoms with Crippen molar-refractivity contribution in [2.75, 3.05) is 13.1 Å². The quantitative estimate of drug-likeness (QED) is 0.827. The maximum Gasteiger partial charge on any atom is 0.257 e. The Kier molecular flexibility index (Phi) is 5.16. The van der Waals surface area contributed by atoms with Crippen LogP contribution in [0.2, 0.25) is 0 Å². The lowest BCUT2D eigenvalue weighted by atomic mass is 9.95. The van der Waals surface area contributed by atoms with Crippen LogP contribution >= 0.6 is 0 Å². The molecule has 1 rings (SSSR count). The van der Waals surface area contributed by atoms with Crippen molar-refractivity contribution in [3.8, 4) is 5.75 Å². The fourth-order valence-corrected chi connectivity index (χ4v) is 2.21. The van der Waals surface area contributed by atoms with Crippen LogP contribution in [0.25, 0.3) is 0 Å². The second-order valence-electron chi connectivity index (χ2n) is 4.66. The van der Waals surface area contributed by atoms with Crippen molar-refractivity contribution in [2.24, 2.45) is 0 Å². The van der Waals surface area contributed by atoms with Gasteiger partial charge in [-0.2, -0.15) is 0 Å². The predicted molar refractivity (Wildman–Crippen MR) is 78.7 cm³/mol. The van der Waals surface area contributed by atoms with Crippen LogP contribution in [-0.2, 0) is 6.42 Å². The number of phenolic OH excluding ortho intramolecular Hbond substituents is 1. The van der Waals surface area contributed by atoms with Crippen LogP contribution in [0.5, 0.6) is 5.75 Å². The van der Waals surface area contributed by atoms with Gasteiger partial charge in [0.2, 0.25) is 0 Å². The molecule has 0 aliphatic heterocycles. The number of rotatable bonds is 5. The van der Waals surface area contributed by atoms with E-state index in [-0.39, 0.29) is 11.7 Å². The molecule has 1 amide bonds. The van der Waals surface area contributed by atoms with Crippen molar-refractivity contribution in [1.29, 1.82) is 0 Å². The molecule has 0 fully saturated rings. The summed E-state index contributed by atoms with van der Waals surface area (Å²) in [6.07, 6.45) is 2.31. The molecule has 1 aromatic carbocycles. The van der Waals surface area contributed by atoms with Crippen molar-refractivity contribution < 1.29 is 9.90 Å². The average molecular weight is 261 g/mol. The number of carbonyl (C=O) groups is 1. The molecule has 1 N–H and O–H groups in total. The number of phenols is 1. The van der Waals surface area contributed by atoms with Crippen molar-refractivity contribution in [2.45, 2.75) is 34.1 Å². The molecule has 0 spiro atoms. The standard InChI is InChI=1S/C16H23NO2/c1-6-9-13-12(5)11(4)10-14(15(13)18)16(19)17(7-2)8-3/h6,10,18H,1,7-9H2,2-5H3. The minimum Gasteiger partial charge on any atom is -0.507 e. The Bertz CT molecular complexity index is 488. The molecule has 3 heteroatoms. The summed E-state index contributed by atoms with van der Waals surface area (Å²) in [5, 5.41) is 10.3. The lowest BCUT2D eigenvalue weighted by Crippen LogP contribution is -2.30. The van der Waals surface area contributed by atoms with Gasteiger partial charge in [-0.05, 0) is 51.3 Å². The van der Waals surface area contributed by atoms with Crippen molar-refractivity contribution >= 4 is 5.91 Å². The Labute approximate surface area is 115 Å². The molecule has 0 aromatic heterocycles. The first kappa shape index (κ1) is 15.3. The van der Waals surface area contributed by atoms with E-state index in [2.05, 4.69) is 6.58 Å². The molecular formula is C16H23NO2. The Morgan fingerprint density at radius 1 is 1.37 bits per heavy atom. The van der Waals surface area contributed by atoms with Gasteiger partial charge in [0.15, 0.2) is 0 Å². The lowest BCUT2D eigenvalue weighted by Gasteiger charge is -2.21. The second kappa shape index (κ2) is 6.41. The Morgan fingerprint density at radius 3 is 2.42 bits per heavy atom. The van der Waals surface area contributed by atoms with Gasteiger partial charge in [-0.1, -0.05) is 6.08 Å². The molecule has 0 radical (unpaired) electrons. The Hall–Kier alpha value is -1.77. The van der Waals surface area contributed by atoms with Gasteiger partial charge in [-0.3, -0.25) is 4.79 Å². The van der Waals surface area contributed by atoms with E-state index in [9.17, 15) is 9.90 Å². The molecule has 0 aliphatic carbocycles. The van der Waals surface area contributed by atoms with E-state index in [0.29, 0.717) is 25.1 Å². The second-order valence-corrected chi connectivity index (χ2v) is 4.66. The lowest BCUT2D eigenvalue weighted by molar-refractivity contribution is 0.0769. The summed E-state index contributed by atoms with van der Waals surface area (Å²) in [5.41, 5.74) is 3.23. The van der Waals surface area contributed by atoms with E-state index in [0.717, 1.165) is 16.7 Å². The van der Waals surface area contributed by atoms with Crippen LogP contribution in [0.3, 0.4) is 0 Å². The maximum absolute atomic E-state index is 12.4. The van der Waals surface area contributed by atoms with E-state index < -0.39 is 0 Å². The smallest absolute Gasteiger partial charge is 0.257 e. The number of hydrogen-bond donors (Lipinski definition) is 1. The Balaban J connectivity index is 3.36. The predicted octanol–water partition coefficient (Wildman–Crippen LogP) is 3.22. The number of aryl methyl sites for hydroxylation is 1. The third-order valence-electron chi connectivity index (χ3n) is 3.58. The minimum atomic E-state index is -0.115. The van der Waals surface area contributed by atoms with Crippen LogP contribution in [0.15, 0.2) is 18.7 Å². The zero-order valence-corrected chi connectivity index (χ0v) is 12.3. The Morgan fingerprint density at radius 2 is 1.95 bits per heavy atom. The molecule has 0 atom stereocenters. The molecule has 3 nitrogen and oxygen atoms in total. The molecule has 1 aromatic rings. The molecule has 0 bridgehead atoms. The highest BCUT2D eigenvalue weighted by atomic mass is 16.3. The minimum absolute atomic E-state index is 0.0971. The molecule has 0 heterocycles. The largest absolute Gasteiger partial charge is 0.507 e. The molecular weight excluding hydrogens is 238 g/mol. The van der Waals surface area contributed by atoms with E-state index in [1.165, 1.54) is 0 Å². The third-order valence-corrected chi connectivity index (χ3v) is 3.58. The van der Waals surface area contributed by atoms with Gasteiger partial charge in [-0.15, -0.1) is 6.58 Å². The SMILES string of the molecule is C=CCc1c(C)c(C)cc(C(=O)N(CC)CC)c1O. The number of nitrogens with zero attached hydrogens (tertiary/aromatic N) is 1. The van der Waals surface area contributed by atoms with Gasteiger partial charge in [0.05, 0.1) is 5.56 Å². The molecule has 104 valence electrons. The summed E-state index contributed by atoms with van der Waals surface area (Å²) in [7, 11) is 0. The third kappa shape index (κ3) is 2.98. The topological polar surface area (TPSA) is 40.5 Å². The van der Waals surface area contributed by atoms with Gasteiger partial charge in [0.25, 0.3) is 5.91 Å². The summed E-state index contributed by atoms with van der Waals surface area (Å²) in [4.78, 5) is 14.1. The van der Waals surface area contributed by atoms with E-state index in [1.807, 2.05) is 27.7 Å². The summed E-state index contributed by atoms with van der Waals surface area (Å²) in [6, 6.07) is 1.78. The van der Waals surface area contributed by atoms with Crippen LogP contribution in [0.4, 0.5) is 0 Å². The number of hydrogen-bond acceptors (Lipinski definition) is 2. The van der Waals surface area contributed by atoms with Crippen molar-refractivity contribution in [1.82, 2.24) is 4.90 Å². The van der Waals surface area contributed by atoms with E-state index in [1.54, 1.807) is 17.0 Å². The highest BCUT2D eigenvalue weighted by Crippen LogP contribution is 2.30. The van der Waals surface area contributed by atoms with Gasteiger partial charge < -0.3 is 10.0 Å². The first-order chi connectivity index (χ1) is 8.97. The monoisotopic (exact) mass is 261 g/mol. The first-order valence-corrected chi connectivity index (χ1v) is 6.70. The van der Waals surface area contributed by atoms with Gasteiger partial charge >= 0.3 is 0 Å². The summed E-state index contributed by atoms with van der Waals surface area (Å²) in [5.74, 6) is -0.0178. The maximum atomic E-state index is 12.4. The van der Waals surface area contributed by atoms with Gasteiger partial charge in [0.1, 0.15) is 5.75 Å². The van der Waals surface area contributed by atoms with Crippen molar-refractivity contribution in [3.63, 3.8) is 0 Å². The first-order valence-electron chi connectivity index (χ1n) is 6.70. The molecule has 0 saturated heterocycles. The highest BCUT2D eigenvalue weighted by Gasteiger charge is 2.20. The summed E-state index contributed by atoms with van der Waals surface area (Å²) in [6.45, 7) is 12.8.